The first-order valence-electron chi connectivity index (χ1n) is 25.3. The van der Waals surface area contributed by atoms with E-state index in [2.05, 4.69) is 13.1 Å². The van der Waals surface area contributed by atoms with Crippen molar-refractivity contribution >= 4 is 52.3 Å². The highest BCUT2D eigenvalue weighted by atomic mass is 28.4. The molecule has 73 heavy (non-hydrogen) atoms. The number of hydrogen-bond acceptors (Lipinski definition) is 14. The molecule has 11 atom stereocenters. The van der Waals surface area contributed by atoms with Crippen molar-refractivity contribution in [2.45, 2.75) is 160 Å². The Kier molecular flexibility index (Phi) is 14.1. The van der Waals surface area contributed by atoms with Crippen LogP contribution in [0.15, 0.2) is 102 Å². The smallest absolute Gasteiger partial charge is 0.417 e. The lowest BCUT2D eigenvalue weighted by Gasteiger charge is -2.68. The van der Waals surface area contributed by atoms with Gasteiger partial charge in [0.15, 0.2) is 28.0 Å². The molecule has 2 heterocycles. The number of ether oxygens (including phenoxy) is 5. The number of amides is 2. The number of carbonyl (C=O) groups is 6. The number of rotatable bonds is 9. The number of benzene rings is 3. The van der Waals surface area contributed by atoms with Gasteiger partial charge in [0.1, 0.15) is 35.6 Å². The van der Waals surface area contributed by atoms with Gasteiger partial charge in [-0.1, -0.05) is 80.6 Å². The molecule has 0 spiro atoms. The molecule has 3 aromatic carbocycles. The maximum Gasteiger partial charge on any atom is 0.417 e. The van der Waals surface area contributed by atoms with Crippen molar-refractivity contribution in [1.29, 1.82) is 0 Å². The highest BCUT2D eigenvalue weighted by Gasteiger charge is 2.79. The van der Waals surface area contributed by atoms with Gasteiger partial charge >= 0.3 is 24.0 Å². The van der Waals surface area contributed by atoms with Crippen LogP contribution in [0.4, 0.5) is 4.79 Å². The number of ketones is 1. The summed E-state index contributed by atoms with van der Waals surface area (Å²) in [6.45, 7) is 23.0. The van der Waals surface area contributed by atoms with E-state index in [1.807, 2.05) is 13.1 Å². The first kappa shape index (κ1) is 54.0. The monoisotopic (exact) mass is 1040 g/mol. The largest absolute Gasteiger partial charge is 0.457 e. The highest BCUT2D eigenvalue weighted by Crippen LogP contribution is 2.65. The summed E-state index contributed by atoms with van der Waals surface area (Å²) in [5.74, 6) is -6.02. The Balaban J connectivity index is 1.33. The molecule has 392 valence electrons. The van der Waals surface area contributed by atoms with E-state index in [4.69, 9.17) is 32.5 Å². The van der Waals surface area contributed by atoms with Crippen LogP contribution in [-0.4, -0.2) is 116 Å². The van der Waals surface area contributed by atoms with E-state index in [1.165, 1.54) is 6.92 Å². The van der Waals surface area contributed by atoms with Gasteiger partial charge in [0.05, 0.1) is 41.6 Å². The number of carbonyl (C=O) groups excluding carboxylic acids is 6. The summed E-state index contributed by atoms with van der Waals surface area (Å²) >= 11 is 0. The molecule has 0 aromatic heterocycles. The predicted molar refractivity (Wildman–Crippen MR) is 274 cm³/mol. The summed E-state index contributed by atoms with van der Waals surface area (Å²) < 4.78 is 46.5. The molecular weight excluding hydrogens is 967 g/mol. The lowest BCUT2D eigenvalue weighted by molar-refractivity contribution is -0.344. The summed E-state index contributed by atoms with van der Waals surface area (Å²) in [5.41, 5.74) is -5.83. The Labute approximate surface area is 430 Å². The Morgan fingerprint density at radius 1 is 0.808 bits per heavy atom. The fourth-order valence-electron chi connectivity index (χ4n) is 12.9. The second-order valence-corrected chi connectivity index (χ2v) is 32.6. The lowest BCUT2D eigenvalue weighted by Crippen LogP contribution is -2.82. The average Bonchev–Trinajstić information content (AvgIpc) is 3.32. The zero-order valence-corrected chi connectivity index (χ0v) is 46.3. The fourth-order valence-corrected chi connectivity index (χ4v) is 23.7. The van der Waals surface area contributed by atoms with Crippen LogP contribution in [0.1, 0.15) is 107 Å². The molecule has 2 saturated heterocycles. The van der Waals surface area contributed by atoms with Crippen LogP contribution < -0.4 is 0 Å². The zero-order chi connectivity index (χ0) is 53.4. The van der Waals surface area contributed by atoms with Gasteiger partial charge in [-0.2, -0.15) is 0 Å². The number of hydrogen-bond donors (Lipinski definition) is 1. The molecule has 3 aromatic rings. The standard InChI is InChI=1S/C56H71NO14Si2/c1-33-39(66-49(61)34(2)43(36-23-17-14-18-24-36)57(51(63)69-52(4,5)6)48(60)37-25-19-15-20-26-37)30-56(64)47(67-50(62)38-27-21-16-22-28-38)45-54(9)40(29-41-55(45,31-65-41)68-35(3)58)70-72(10,11)32-73(12,13)71-44(46(54)59)42(33)53(56,7)8/h14-28,34,39-41,43-45,47,64H,29-32H2,1-13H3/t34-,39+,40-,41+,43+,44+,45?,47?,54+,55-,56+/m0/s1. The summed E-state index contributed by atoms with van der Waals surface area (Å²) in [4.78, 5) is 90.1. The SMILES string of the molecule is CC(=O)O[C@@]12CO[C@@H]1C[C@@H]1O[Si](C)(C)C[Si](C)(C)O[C@H]3C(=O)[C@@]1(C)C2C(OC(=O)c1ccccc1)[C@]1(O)C[C@@H](OC(=O)[C@@H](C)[C@H](c2ccccc2)N(C(=O)OC(C)(C)C)C(=O)c2ccccc2)C(C)=C3C1(C)C. The first-order chi connectivity index (χ1) is 34.0. The van der Waals surface area contributed by atoms with Gasteiger partial charge in [0, 0.05) is 30.7 Å². The van der Waals surface area contributed by atoms with Crippen molar-refractivity contribution in [3.8, 4) is 0 Å². The van der Waals surface area contributed by atoms with E-state index in [0.717, 1.165) is 4.90 Å². The minimum Gasteiger partial charge on any atom is -0.457 e. The van der Waals surface area contributed by atoms with Gasteiger partial charge in [0.25, 0.3) is 5.91 Å². The van der Waals surface area contributed by atoms with Crippen molar-refractivity contribution in [3.05, 3.63) is 119 Å². The third kappa shape index (κ3) is 9.58. The molecule has 2 aliphatic heterocycles. The first-order valence-corrected chi connectivity index (χ1v) is 31.5. The minimum atomic E-state index is -2.90. The number of aliphatic hydroxyl groups is 1. The predicted octanol–water partition coefficient (Wildman–Crippen LogP) is 9.10. The van der Waals surface area contributed by atoms with Gasteiger partial charge in [-0.25, -0.2) is 14.5 Å². The van der Waals surface area contributed by atoms with Gasteiger partial charge in [-0.15, -0.1) is 0 Å². The topological polar surface area (TPSA) is 190 Å². The Bertz CT molecular complexity index is 2690. The van der Waals surface area contributed by atoms with E-state index in [9.17, 15) is 24.3 Å². The van der Waals surface area contributed by atoms with Crippen LogP contribution in [-0.2, 0) is 46.9 Å². The molecule has 3 aliphatic carbocycles. The Morgan fingerprint density at radius 2 is 1.37 bits per heavy atom. The van der Waals surface area contributed by atoms with Gasteiger partial charge in [0.2, 0.25) is 0 Å². The number of Topliss-reactive ketones (excluding diaryl/α,β-unsaturated/α-hetero) is 1. The normalized spacial score (nSPS) is 31.7. The number of esters is 3. The van der Waals surface area contributed by atoms with Crippen LogP contribution in [0.3, 0.4) is 0 Å². The van der Waals surface area contributed by atoms with Gasteiger partial charge in [-0.05, 0) is 114 Å². The highest BCUT2D eigenvalue weighted by molar-refractivity contribution is 6.89. The van der Waals surface area contributed by atoms with Gasteiger partial charge in [-0.3, -0.25) is 19.2 Å². The third-order valence-electron chi connectivity index (χ3n) is 16.0. The lowest BCUT2D eigenvalue weighted by atomic mass is 9.44. The second-order valence-electron chi connectivity index (χ2n) is 23.6. The summed E-state index contributed by atoms with van der Waals surface area (Å²) in [7, 11) is -5.62. The maximum absolute atomic E-state index is 16.5. The molecular formula is C56H71NO14Si2. The van der Waals surface area contributed by atoms with Crippen LogP contribution in [0.2, 0.25) is 31.9 Å². The molecule has 17 heteroatoms. The molecule has 2 unspecified atom stereocenters. The van der Waals surface area contributed by atoms with Crippen LogP contribution in [0.5, 0.6) is 0 Å². The maximum atomic E-state index is 16.5. The quantitative estimate of drug-likeness (QED) is 0.0924. The molecule has 4 fully saturated rings. The zero-order valence-electron chi connectivity index (χ0n) is 44.3. The van der Waals surface area contributed by atoms with Crippen LogP contribution >= 0.6 is 0 Å². The number of fused-ring (bicyclic) bond motifs is 6. The van der Waals surface area contributed by atoms with Gasteiger partial charge < -0.3 is 37.6 Å². The van der Waals surface area contributed by atoms with Crippen LogP contribution in [0, 0.1) is 22.7 Å². The van der Waals surface area contributed by atoms with E-state index < -0.39 is 128 Å². The molecule has 8 rings (SSSR count). The number of imide groups is 1. The molecule has 0 radical (unpaired) electrons. The van der Waals surface area contributed by atoms with Crippen molar-refractivity contribution in [2.24, 2.45) is 22.7 Å². The third-order valence-corrected chi connectivity index (χ3v) is 24.6. The molecule has 5 aliphatic rings. The van der Waals surface area contributed by atoms with Crippen molar-refractivity contribution in [3.63, 3.8) is 0 Å². The average molecular weight is 1040 g/mol. The fraction of sp³-hybridized carbons (Fsp3) is 0.536. The minimum absolute atomic E-state index is 0.164. The summed E-state index contributed by atoms with van der Waals surface area (Å²) in [5, 5.41) is 14.3. The molecule has 2 amide bonds. The van der Waals surface area contributed by atoms with E-state index >= 15 is 9.59 Å². The molecule has 15 nitrogen and oxygen atoms in total. The van der Waals surface area contributed by atoms with Crippen molar-refractivity contribution in [1.82, 2.24) is 4.90 Å². The molecule has 2 saturated carbocycles. The number of nitrogens with zero attached hydrogens (tertiary/aromatic N) is 1. The van der Waals surface area contributed by atoms with Crippen LogP contribution in [0.25, 0.3) is 0 Å². The Hall–Kier alpha value is -5.31. The van der Waals surface area contributed by atoms with Crippen molar-refractivity contribution in [2.75, 3.05) is 6.61 Å². The van der Waals surface area contributed by atoms with E-state index in [0.29, 0.717) is 22.4 Å². The molecule has 4 bridgehead atoms. The summed E-state index contributed by atoms with van der Waals surface area (Å²) in [6.07, 6.45) is -7.15. The van der Waals surface area contributed by atoms with E-state index in [1.54, 1.807) is 146 Å². The summed E-state index contributed by atoms with van der Waals surface area (Å²) in [6, 6.07) is 23.8. The van der Waals surface area contributed by atoms with Crippen molar-refractivity contribution < 1.29 is 66.4 Å². The van der Waals surface area contributed by atoms with E-state index in [-0.39, 0.29) is 30.6 Å². The Morgan fingerprint density at radius 3 is 1.92 bits per heavy atom. The molecule has 1 N–H and O–H groups in total. The second kappa shape index (κ2) is 19.1.